The summed E-state index contributed by atoms with van der Waals surface area (Å²) in [6.07, 6.45) is 0. The molecule has 1 rings (SSSR count). The predicted octanol–water partition coefficient (Wildman–Crippen LogP) is 1.02. The van der Waals surface area contributed by atoms with E-state index in [0.717, 1.165) is 0 Å². The van der Waals surface area contributed by atoms with Crippen LogP contribution in [0.3, 0.4) is 0 Å². The minimum Gasteiger partial charge on any atom is -0.0163 e. The molecule has 2 atom stereocenters. The maximum absolute atomic E-state index is 2.27. The van der Waals surface area contributed by atoms with Crippen LogP contribution in [0, 0.1) is 0 Å². The maximum atomic E-state index is 2.27. The van der Waals surface area contributed by atoms with Crippen LogP contribution in [0.25, 0.3) is 0 Å². The Morgan fingerprint density at radius 1 is 0.800 bits per heavy atom. The molecule has 0 saturated carbocycles. The molecule has 0 aliphatic rings. The summed E-state index contributed by atoms with van der Waals surface area (Å²) in [5.74, 6) is 0. The third-order valence-electron chi connectivity index (χ3n) is 1.60. The lowest BCUT2D eigenvalue weighted by atomic mass is 10.4. The first-order valence-electron chi connectivity index (χ1n) is 3.55. The predicted molar refractivity (Wildman–Crippen MR) is 57.0 cm³/mol. The first-order valence-corrected chi connectivity index (χ1v) is 7.02. The molecule has 0 bridgehead atoms. The summed E-state index contributed by atoms with van der Waals surface area (Å²) in [6, 6.07) is 9.06. The lowest BCUT2D eigenvalue weighted by molar-refractivity contribution is 1.85. The zero-order valence-corrected chi connectivity index (χ0v) is 8.77. The van der Waals surface area contributed by atoms with Gasteiger partial charge in [-0.25, -0.2) is 0 Å². The second-order valence-corrected chi connectivity index (χ2v) is 4.73. The molecule has 0 heterocycles. The first-order chi connectivity index (χ1) is 4.86. The van der Waals surface area contributed by atoms with Crippen molar-refractivity contribution < 1.29 is 0 Å². The minimum atomic E-state index is 0.507. The highest BCUT2D eigenvalue weighted by molar-refractivity contribution is 7.47. The molecular weight excluding hydrogens is 158 g/mol. The van der Waals surface area contributed by atoms with Gasteiger partial charge in [-0.2, -0.15) is 0 Å². The number of rotatable bonds is 2. The van der Waals surface area contributed by atoms with Crippen LogP contribution in [0.1, 0.15) is 0 Å². The van der Waals surface area contributed by atoms with E-state index in [1.165, 1.54) is 10.6 Å². The lowest BCUT2D eigenvalue weighted by Gasteiger charge is -1.89. The first kappa shape index (κ1) is 8.18. The van der Waals surface area contributed by atoms with Crippen molar-refractivity contribution in [1.29, 1.82) is 0 Å². The third kappa shape index (κ3) is 2.04. The molecule has 0 nitrogen and oxygen atoms in total. The Bertz CT molecular complexity index is 168. The van der Waals surface area contributed by atoms with E-state index in [2.05, 4.69) is 37.6 Å². The van der Waals surface area contributed by atoms with Crippen molar-refractivity contribution >= 4 is 27.8 Å². The number of hydrogen-bond acceptors (Lipinski definition) is 0. The molecule has 1 aromatic carbocycles. The Morgan fingerprint density at radius 2 is 1.10 bits per heavy atom. The topological polar surface area (TPSA) is 0 Å². The summed E-state index contributed by atoms with van der Waals surface area (Å²) >= 11 is 0. The highest BCUT2D eigenvalue weighted by atomic mass is 31.1. The molecule has 0 saturated heterocycles. The van der Waals surface area contributed by atoms with Crippen LogP contribution in [-0.4, -0.2) is 13.3 Å². The number of hydrogen-bond donors (Lipinski definition) is 0. The van der Waals surface area contributed by atoms with Gasteiger partial charge >= 0.3 is 0 Å². The van der Waals surface area contributed by atoms with Gasteiger partial charge in [0.15, 0.2) is 0 Å². The average Bonchev–Trinajstić information content (AvgIpc) is 2.05. The van der Waals surface area contributed by atoms with E-state index in [0.29, 0.717) is 17.2 Å². The van der Waals surface area contributed by atoms with E-state index in [1.54, 1.807) is 0 Å². The van der Waals surface area contributed by atoms with Crippen LogP contribution in [0.2, 0.25) is 0 Å². The van der Waals surface area contributed by atoms with Crippen LogP contribution >= 0.6 is 17.2 Å². The fourth-order valence-corrected chi connectivity index (χ4v) is 2.04. The molecule has 0 spiro atoms. The highest BCUT2D eigenvalue weighted by Gasteiger charge is 1.96. The summed E-state index contributed by atoms with van der Waals surface area (Å²) in [6.45, 7) is 4.54. The van der Waals surface area contributed by atoms with Gasteiger partial charge in [-0.15, -0.1) is 0 Å². The van der Waals surface area contributed by atoms with Crippen LogP contribution < -0.4 is 10.6 Å². The van der Waals surface area contributed by atoms with Crippen molar-refractivity contribution in [2.45, 2.75) is 0 Å². The molecule has 0 N–H and O–H groups in total. The Hall–Kier alpha value is 0.0800. The van der Waals surface area contributed by atoms with Crippen molar-refractivity contribution in [1.82, 2.24) is 0 Å². The van der Waals surface area contributed by atoms with Crippen molar-refractivity contribution in [3.8, 4) is 0 Å². The van der Waals surface area contributed by atoms with E-state index in [4.69, 9.17) is 0 Å². The van der Waals surface area contributed by atoms with Gasteiger partial charge in [-0.1, -0.05) is 0 Å². The van der Waals surface area contributed by atoms with Crippen molar-refractivity contribution in [3.05, 3.63) is 24.3 Å². The van der Waals surface area contributed by atoms with Crippen molar-refractivity contribution in [2.24, 2.45) is 0 Å². The van der Waals surface area contributed by atoms with Crippen LogP contribution in [0.4, 0.5) is 0 Å². The monoisotopic (exact) mass is 172 g/mol. The van der Waals surface area contributed by atoms with Crippen molar-refractivity contribution in [3.63, 3.8) is 0 Å². The van der Waals surface area contributed by atoms with Gasteiger partial charge in [-0.05, 0) is 24.3 Å². The molecule has 2 unspecified atom stereocenters. The SMILES string of the molecule is C[PH2+]c1ccc([PH2+]C)cc1. The van der Waals surface area contributed by atoms with Gasteiger partial charge in [0.2, 0.25) is 0 Å². The van der Waals surface area contributed by atoms with Crippen LogP contribution in [0.5, 0.6) is 0 Å². The molecule has 0 amide bonds. The zero-order chi connectivity index (χ0) is 7.40. The van der Waals surface area contributed by atoms with E-state index in [9.17, 15) is 0 Å². The normalized spacial score (nSPS) is 12.2. The van der Waals surface area contributed by atoms with Crippen LogP contribution in [-0.2, 0) is 0 Å². The third-order valence-corrected chi connectivity index (χ3v) is 3.71. The molecule has 54 valence electrons. The standard InChI is InChI=1S/C8H12P2/c1-9-7-3-5-8(10-2)6-4-7/h3-6,9-10H,1-2H3/p+2. The smallest absolute Gasteiger partial charge is 0.0163 e. The van der Waals surface area contributed by atoms with E-state index in [1.807, 2.05) is 0 Å². The maximum Gasteiger partial charge on any atom is 0.0889 e. The Kier molecular flexibility index (Phi) is 3.32. The summed E-state index contributed by atoms with van der Waals surface area (Å²) in [5.41, 5.74) is 0. The summed E-state index contributed by atoms with van der Waals surface area (Å²) in [4.78, 5) is 0. The minimum absolute atomic E-state index is 0.507. The van der Waals surface area contributed by atoms with Gasteiger partial charge in [0, 0.05) is 30.5 Å². The molecule has 1 aromatic rings. The van der Waals surface area contributed by atoms with E-state index in [-0.39, 0.29) is 0 Å². The molecule has 10 heavy (non-hydrogen) atoms. The Balaban J connectivity index is 2.80. The molecule has 2 heteroatoms. The Labute approximate surface area is 66.0 Å². The molecular formula is C8H14P2+2. The molecule has 0 radical (unpaired) electrons. The molecule has 0 aliphatic carbocycles. The Morgan fingerprint density at radius 3 is 1.30 bits per heavy atom. The quantitative estimate of drug-likeness (QED) is 0.584. The summed E-state index contributed by atoms with van der Waals surface area (Å²) in [5, 5.41) is 3.05. The van der Waals surface area contributed by atoms with Crippen molar-refractivity contribution in [2.75, 3.05) is 13.3 Å². The van der Waals surface area contributed by atoms with E-state index < -0.39 is 0 Å². The average molecular weight is 172 g/mol. The second-order valence-electron chi connectivity index (χ2n) is 2.24. The lowest BCUT2D eigenvalue weighted by Crippen LogP contribution is -1.98. The van der Waals surface area contributed by atoms with E-state index >= 15 is 0 Å². The fraction of sp³-hybridized carbons (Fsp3) is 0.250. The van der Waals surface area contributed by atoms with Gasteiger partial charge < -0.3 is 0 Å². The largest absolute Gasteiger partial charge is 0.0889 e. The van der Waals surface area contributed by atoms with Gasteiger partial charge in [-0.3, -0.25) is 0 Å². The van der Waals surface area contributed by atoms with Crippen LogP contribution in [0.15, 0.2) is 24.3 Å². The summed E-state index contributed by atoms with van der Waals surface area (Å²) < 4.78 is 0. The van der Waals surface area contributed by atoms with Gasteiger partial charge in [0.05, 0.1) is 10.6 Å². The summed E-state index contributed by atoms with van der Waals surface area (Å²) in [7, 11) is 1.01. The highest BCUT2D eigenvalue weighted by Crippen LogP contribution is 2.05. The molecule has 0 aliphatic heterocycles. The second kappa shape index (κ2) is 4.06. The van der Waals surface area contributed by atoms with Gasteiger partial charge in [0.1, 0.15) is 0 Å². The fourth-order valence-electron chi connectivity index (χ4n) is 0.881. The molecule has 0 fully saturated rings. The zero-order valence-electron chi connectivity index (χ0n) is 6.46. The van der Waals surface area contributed by atoms with Gasteiger partial charge in [0.25, 0.3) is 0 Å². The molecule has 0 aromatic heterocycles. The number of benzene rings is 1.